The lowest BCUT2D eigenvalue weighted by Gasteiger charge is -2.34. The van der Waals surface area contributed by atoms with Crippen LogP contribution in [0.2, 0.25) is 0 Å². The molecule has 0 rings (SSSR count). The second-order valence-electron chi connectivity index (χ2n) is 15.9. The summed E-state index contributed by atoms with van der Waals surface area (Å²) < 4.78 is 17.1. The molecular formula is C48H83NO7. The van der Waals surface area contributed by atoms with E-state index >= 15 is 0 Å². The summed E-state index contributed by atoms with van der Waals surface area (Å²) in [6, 6.07) is -0.734. The van der Waals surface area contributed by atoms with E-state index in [1.165, 1.54) is 57.8 Å². The molecule has 0 heterocycles. The molecule has 0 aliphatic carbocycles. The lowest BCUT2D eigenvalue weighted by Crippen LogP contribution is -2.55. The van der Waals surface area contributed by atoms with Crippen LogP contribution in [0.1, 0.15) is 174 Å². The number of aliphatic carboxylic acids is 1. The number of hydrogen-bond acceptors (Lipinski definition) is 7. The summed E-state index contributed by atoms with van der Waals surface area (Å²) in [4.78, 5) is 36.8. The van der Waals surface area contributed by atoms with E-state index in [2.05, 4.69) is 74.6 Å². The molecule has 2 unspecified atom stereocenters. The fourth-order valence-corrected chi connectivity index (χ4v) is 6.19. The van der Waals surface area contributed by atoms with Crippen molar-refractivity contribution in [2.45, 2.75) is 187 Å². The monoisotopic (exact) mass is 786 g/mol. The molecule has 0 amide bonds. The number of carbonyl (C=O) groups excluding carboxylic acids is 3. The van der Waals surface area contributed by atoms with Crippen LogP contribution in [0.5, 0.6) is 0 Å². The number of carboxylic acids is 1. The van der Waals surface area contributed by atoms with Gasteiger partial charge in [-0.2, -0.15) is 0 Å². The van der Waals surface area contributed by atoms with Crippen LogP contribution in [-0.2, 0) is 28.6 Å². The zero-order chi connectivity index (χ0) is 41.4. The van der Waals surface area contributed by atoms with E-state index in [9.17, 15) is 19.5 Å². The summed E-state index contributed by atoms with van der Waals surface area (Å²) in [7, 11) is 5.39. The predicted molar refractivity (Wildman–Crippen MR) is 231 cm³/mol. The van der Waals surface area contributed by atoms with Gasteiger partial charge in [0, 0.05) is 19.3 Å². The number of hydrogen-bond donors (Lipinski definition) is 0. The van der Waals surface area contributed by atoms with Crippen LogP contribution in [0.3, 0.4) is 0 Å². The first-order valence-electron chi connectivity index (χ1n) is 22.3. The topological polar surface area (TPSA) is 102 Å². The predicted octanol–water partition coefficient (Wildman–Crippen LogP) is 10.9. The first-order valence-corrected chi connectivity index (χ1v) is 22.3. The van der Waals surface area contributed by atoms with Gasteiger partial charge in [-0.15, -0.1) is 0 Å². The molecule has 0 aromatic rings. The fraction of sp³-hybridized carbons (Fsp3) is 0.729. The van der Waals surface area contributed by atoms with Crippen LogP contribution in [0.4, 0.5) is 0 Å². The van der Waals surface area contributed by atoms with E-state index in [0.29, 0.717) is 6.42 Å². The van der Waals surface area contributed by atoms with Gasteiger partial charge in [-0.05, 0) is 70.6 Å². The minimum atomic E-state index is -1.13. The van der Waals surface area contributed by atoms with E-state index in [1.807, 2.05) is 0 Å². The van der Waals surface area contributed by atoms with Crippen LogP contribution in [0, 0.1) is 0 Å². The zero-order valence-corrected chi connectivity index (χ0v) is 36.5. The molecule has 0 aliphatic rings. The number of allylic oxidation sites excluding steroid dienone is 10. The molecule has 0 aliphatic heterocycles. The van der Waals surface area contributed by atoms with Crippen molar-refractivity contribution >= 4 is 17.9 Å². The number of unbranched alkanes of at least 4 members (excludes halogenated alkanes) is 16. The Morgan fingerprint density at radius 3 is 1.61 bits per heavy atom. The highest BCUT2D eigenvalue weighted by Crippen LogP contribution is 2.13. The normalized spacial score (nSPS) is 13.5. The molecule has 0 spiro atoms. The van der Waals surface area contributed by atoms with Crippen molar-refractivity contribution in [2.75, 3.05) is 41.0 Å². The fourth-order valence-electron chi connectivity index (χ4n) is 6.19. The van der Waals surface area contributed by atoms with Gasteiger partial charge < -0.3 is 28.6 Å². The van der Waals surface area contributed by atoms with E-state index in [1.54, 1.807) is 21.1 Å². The van der Waals surface area contributed by atoms with Crippen molar-refractivity contribution in [1.82, 2.24) is 0 Å². The molecule has 0 aromatic heterocycles. The molecular weight excluding hydrogens is 703 g/mol. The molecule has 0 bridgehead atoms. The first-order chi connectivity index (χ1) is 27.1. The number of quaternary nitrogens is 1. The summed E-state index contributed by atoms with van der Waals surface area (Å²) in [5.41, 5.74) is 0. The average Bonchev–Trinajstić information content (AvgIpc) is 3.15. The van der Waals surface area contributed by atoms with E-state index in [0.717, 1.165) is 83.5 Å². The van der Waals surface area contributed by atoms with Crippen molar-refractivity contribution in [2.24, 2.45) is 0 Å². The van der Waals surface area contributed by atoms with Crippen molar-refractivity contribution in [1.29, 1.82) is 0 Å². The Bertz CT molecular complexity index is 1100. The van der Waals surface area contributed by atoms with Gasteiger partial charge in [0.05, 0.1) is 40.3 Å². The zero-order valence-electron chi connectivity index (χ0n) is 36.5. The maximum Gasteiger partial charge on any atom is 0.306 e. The van der Waals surface area contributed by atoms with Crippen molar-refractivity contribution in [3.05, 3.63) is 60.8 Å². The lowest BCUT2D eigenvalue weighted by atomic mass is 10.1. The Labute approximate surface area is 343 Å². The molecule has 8 heteroatoms. The molecule has 0 saturated heterocycles. The highest BCUT2D eigenvalue weighted by Gasteiger charge is 2.25. The summed E-state index contributed by atoms with van der Waals surface area (Å²) >= 11 is 0. The van der Waals surface area contributed by atoms with Gasteiger partial charge in [0.2, 0.25) is 0 Å². The van der Waals surface area contributed by atoms with E-state index in [4.69, 9.17) is 14.2 Å². The maximum atomic E-state index is 12.7. The first kappa shape index (κ1) is 53.0. The Morgan fingerprint density at radius 2 is 1.05 bits per heavy atom. The Balaban J connectivity index is 4.42. The van der Waals surface area contributed by atoms with Crippen molar-refractivity contribution in [3.63, 3.8) is 0 Å². The maximum absolute atomic E-state index is 12.7. The molecule has 0 fully saturated rings. The van der Waals surface area contributed by atoms with Gasteiger partial charge in [-0.3, -0.25) is 9.59 Å². The van der Waals surface area contributed by atoms with Crippen LogP contribution in [-0.4, -0.2) is 75.5 Å². The largest absolute Gasteiger partial charge is 0.544 e. The third-order valence-corrected chi connectivity index (χ3v) is 9.67. The Morgan fingerprint density at radius 1 is 0.571 bits per heavy atom. The van der Waals surface area contributed by atoms with E-state index in [-0.39, 0.29) is 49.1 Å². The second kappa shape index (κ2) is 38.9. The number of likely N-dealkylation sites (N-methyl/N-ethyl adjacent to an activating group) is 1. The molecule has 322 valence electrons. The van der Waals surface area contributed by atoms with E-state index < -0.39 is 18.1 Å². The van der Waals surface area contributed by atoms with Crippen LogP contribution >= 0.6 is 0 Å². The van der Waals surface area contributed by atoms with Crippen molar-refractivity contribution in [3.8, 4) is 0 Å². The summed E-state index contributed by atoms with van der Waals surface area (Å²) in [5.74, 6) is -1.79. The van der Waals surface area contributed by atoms with Gasteiger partial charge >= 0.3 is 11.9 Å². The van der Waals surface area contributed by atoms with Gasteiger partial charge in [0.15, 0.2) is 6.10 Å². The third-order valence-electron chi connectivity index (χ3n) is 9.67. The molecule has 8 nitrogen and oxygen atoms in total. The highest BCUT2D eigenvalue weighted by molar-refractivity contribution is 5.70. The molecule has 0 N–H and O–H groups in total. The average molecular weight is 786 g/mol. The molecule has 56 heavy (non-hydrogen) atoms. The van der Waals surface area contributed by atoms with Crippen LogP contribution in [0.25, 0.3) is 0 Å². The summed E-state index contributed by atoms with van der Waals surface area (Å²) in [5, 5.41) is 11.6. The van der Waals surface area contributed by atoms with Gasteiger partial charge in [0.1, 0.15) is 12.6 Å². The standard InChI is InChI=1S/C48H83NO7/c1-6-8-10-12-14-16-18-20-22-24-26-28-30-32-34-36-38-46(50)55-43-44(42-54-41-40-45(48(52)53)49(3,4)5)56-47(51)39-37-35-33-31-29-27-25-23-21-19-17-15-13-11-9-7-2/h8,10,14,16,20,22-23,25,27,29,44-45H,6-7,9,11-13,15,17-19,21,24,26,28,30-43H2,1-5H3/b10-8+,16-14+,22-20+,25-23+,29-27+. The van der Waals surface area contributed by atoms with Crippen LogP contribution < -0.4 is 5.11 Å². The smallest absolute Gasteiger partial charge is 0.306 e. The number of nitrogens with zero attached hydrogens (tertiary/aromatic N) is 1. The van der Waals surface area contributed by atoms with Gasteiger partial charge in [-0.25, -0.2) is 0 Å². The molecule has 2 atom stereocenters. The molecule has 0 radical (unpaired) electrons. The van der Waals surface area contributed by atoms with Crippen LogP contribution in [0.15, 0.2) is 60.8 Å². The Hall–Kier alpha value is -2.97. The molecule has 0 aromatic carbocycles. The number of carboxylic acid groups (broad SMARTS) is 1. The summed E-state index contributed by atoms with van der Waals surface area (Å²) in [6.45, 7) is 4.49. The number of rotatable bonds is 39. The quantitative estimate of drug-likeness (QED) is 0.0201. The third kappa shape index (κ3) is 36.7. The minimum absolute atomic E-state index is 0.0235. The lowest BCUT2D eigenvalue weighted by molar-refractivity contribution is -0.889. The van der Waals surface area contributed by atoms with Gasteiger partial charge in [-0.1, -0.05) is 145 Å². The van der Waals surface area contributed by atoms with Crippen molar-refractivity contribution < 1.29 is 38.2 Å². The SMILES string of the molecule is CC/C=C/C/C=C/C/C=C/CCCCCCCCC(=O)OCC(COCCC(C(=O)[O-])[N+](C)(C)C)OC(=O)CCCCC/C=C/C=C/CCCCCCCCC. The second-order valence-corrected chi connectivity index (χ2v) is 15.9. The van der Waals surface area contributed by atoms with Gasteiger partial charge in [0.25, 0.3) is 0 Å². The minimum Gasteiger partial charge on any atom is -0.544 e. The summed E-state index contributed by atoms with van der Waals surface area (Å²) in [6.07, 6.45) is 46.7. The molecule has 0 saturated carbocycles. The highest BCUT2D eigenvalue weighted by atomic mass is 16.6. The Kier molecular flexibility index (Phi) is 36.8. The number of ether oxygens (including phenoxy) is 3. The number of carbonyl (C=O) groups is 3. The number of esters is 2.